The Balaban J connectivity index is -0.000000295. The molecule has 0 aromatic carbocycles. The van der Waals surface area contributed by atoms with Crippen LogP contribution in [0.2, 0.25) is 0 Å². The van der Waals surface area contributed by atoms with Gasteiger partial charge in [0.2, 0.25) is 0 Å². The molecule has 4 nitrogen and oxygen atoms in total. The molecule has 0 aliphatic heterocycles. The predicted molar refractivity (Wildman–Crippen MR) is 94.0 cm³/mol. The second kappa shape index (κ2) is 17.8. The summed E-state index contributed by atoms with van der Waals surface area (Å²) in [5.41, 5.74) is 0. The molecule has 0 aromatic rings. The molecule has 0 spiro atoms. The zero-order valence-corrected chi connectivity index (χ0v) is 16.0. The maximum absolute atomic E-state index is 4.30. The molecule has 0 saturated carbocycles. The van der Waals surface area contributed by atoms with E-state index in [1.54, 1.807) is 12.4 Å². The van der Waals surface area contributed by atoms with Gasteiger partial charge >= 0.3 is 0 Å². The van der Waals surface area contributed by atoms with E-state index in [4.69, 9.17) is 0 Å². The smallest absolute Gasteiger partial charge is 0.0443 e. The van der Waals surface area contributed by atoms with Gasteiger partial charge < -0.3 is 10.6 Å². The first-order valence-corrected chi connectivity index (χ1v) is 7.63. The van der Waals surface area contributed by atoms with Crippen LogP contribution in [0.1, 0.15) is 55.4 Å². The maximum Gasteiger partial charge on any atom is 0.0443 e. The van der Waals surface area contributed by atoms with E-state index in [0.29, 0.717) is 24.2 Å². The maximum atomic E-state index is 4.30. The quantitative estimate of drug-likeness (QED) is 0.355. The fraction of sp³-hybridized carbons (Fsp3) is 0.875. The SMILES string of the molecule is CC(C)N=CC=NC(C)C.CC(C)[N-]CC[N-]C(C)C.[Ni]. The van der Waals surface area contributed by atoms with Crippen molar-refractivity contribution in [1.29, 1.82) is 0 Å². The number of hydrogen-bond acceptors (Lipinski definition) is 2. The van der Waals surface area contributed by atoms with Crippen molar-refractivity contribution in [1.82, 2.24) is 0 Å². The molecule has 0 bridgehead atoms. The van der Waals surface area contributed by atoms with Gasteiger partial charge in [-0.1, -0.05) is 27.7 Å². The fourth-order valence-corrected chi connectivity index (χ4v) is 1.05. The molecule has 0 rings (SSSR count). The summed E-state index contributed by atoms with van der Waals surface area (Å²) in [6.45, 7) is 18.3. The van der Waals surface area contributed by atoms with Gasteiger partial charge in [0, 0.05) is 41.0 Å². The Hall–Kier alpha value is -0.246. The number of hydrogen-bond donors (Lipinski definition) is 0. The molecule has 5 heteroatoms. The molecule has 0 saturated heterocycles. The first-order chi connectivity index (χ1) is 9.25. The van der Waals surface area contributed by atoms with E-state index in [1.165, 1.54) is 0 Å². The molecule has 0 amide bonds. The van der Waals surface area contributed by atoms with Crippen molar-refractivity contribution in [2.24, 2.45) is 9.98 Å². The molecule has 0 aromatic heterocycles. The Morgan fingerprint density at radius 1 is 0.667 bits per heavy atom. The van der Waals surface area contributed by atoms with Crippen LogP contribution in [0.25, 0.3) is 10.6 Å². The van der Waals surface area contributed by atoms with Crippen molar-refractivity contribution >= 4 is 12.4 Å². The molecule has 0 radical (unpaired) electrons. The average Bonchev–Trinajstić information content (AvgIpc) is 2.30. The van der Waals surface area contributed by atoms with Crippen molar-refractivity contribution in [2.75, 3.05) is 13.1 Å². The van der Waals surface area contributed by atoms with Crippen LogP contribution in [0.5, 0.6) is 0 Å². The molecule has 0 atom stereocenters. The summed E-state index contributed by atoms with van der Waals surface area (Å²) >= 11 is 0. The summed E-state index contributed by atoms with van der Waals surface area (Å²) in [5.74, 6) is 0. The second-order valence-corrected chi connectivity index (χ2v) is 5.78. The first-order valence-electron chi connectivity index (χ1n) is 7.63. The van der Waals surface area contributed by atoms with E-state index in [2.05, 4.69) is 48.3 Å². The van der Waals surface area contributed by atoms with Crippen LogP contribution in [0.15, 0.2) is 9.98 Å². The number of rotatable bonds is 8. The van der Waals surface area contributed by atoms with Crippen molar-refractivity contribution in [2.45, 2.75) is 79.6 Å². The Bertz CT molecular complexity index is 223. The predicted octanol–water partition coefficient (Wildman–Crippen LogP) is 4.49. The zero-order valence-electron chi connectivity index (χ0n) is 15.0. The van der Waals surface area contributed by atoms with Gasteiger partial charge in [-0.25, -0.2) is 0 Å². The van der Waals surface area contributed by atoms with Crippen LogP contribution < -0.4 is 0 Å². The molecule has 0 unspecified atom stereocenters. The minimum atomic E-state index is 0. The van der Waals surface area contributed by atoms with Crippen molar-refractivity contribution in [3.63, 3.8) is 0 Å². The van der Waals surface area contributed by atoms with Crippen molar-refractivity contribution in [3.8, 4) is 0 Å². The van der Waals surface area contributed by atoms with Crippen LogP contribution in [-0.4, -0.2) is 49.7 Å². The average molecular weight is 341 g/mol. The second-order valence-electron chi connectivity index (χ2n) is 5.78. The van der Waals surface area contributed by atoms with Gasteiger partial charge in [-0.05, 0) is 27.7 Å². The van der Waals surface area contributed by atoms with Crippen molar-refractivity contribution in [3.05, 3.63) is 10.6 Å². The van der Waals surface area contributed by atoms with Gasteiger partial charge in [0.05, 0.1) is 0 Å². The normalized spacial score (nSPS) is 11.6. The van der Waals surface area contributed by atoms with Crippen molar-refractivity contribution < 1.29 is 16.5 Å². The largest absolute Gasteiger partial charge is 0.661 e. The standard InChI is InChI=1S/C8H18N2.C8H16N2.Ni/c2*1-7(2)9-5-6-10-8(3)4;/h7-8H,5-6H2,1-4H3;5-8H,1-4H3;/q-2;;. The summed E-state index contributed by atoms with van der Waals surface area (Å²) in [6.07, 6.45) is 3.51. The molecule has 0 N–H and O–H groups in total. The molecular weight excluding hydrogens is 307 g/mol. The van der Waals surface area contributed by atoms with Gasteiger partial charge in [-0.2, -0.15) is 13.1 Å². The monoisotopic (exact) mass is 340 g/mol. The van der Waals surface area contributed by atoms with Gasteiger partial charge in [0.1, 0.15) is 0 Å². The van der Waals surface area contributed by atoms with Crippen LogP contribution in [0.4, 0.5) is 0 Å². The third-order valence-corrected chi connectivity index (χ3v) is 1.92. The van der Waals surface area contributed by atoms with Gasteiger partial charge in [0.25, 0.3) is 0 Å². The van der Waals surface area contributed by atoms with E-state index < -0.39 is 0 Å². The number of nitrogens with zero attached hydrogens (tertiary/aromatic N) is 4. The molecule has 0 aliphatic carbocycles. The zero-order chi connectivity index (χ0) is 16.0. The van der Waals surface area contributed by atoms with Crippen LogP contribution in [0, 0.1) is 0 Å². The molecular formula is C16H34N4Ni-2. The van der Waals surface area contributed by atoms with Gasteiger partial charge in [-0.3, -0.25) is 9.98 Å². The first kappa shape index (κ1) is 25.7. The Morgan fingerprint density at radius 2 is 0.952 bits per heavy atom. The summed E-state index contributed by atoms with van der Waals surface area (Å²) in [5, 5.41) is 8.61. The Labute approximate surface area is 142 Å². The van der Waals surface area contributed by atoms with Gasteiger partial charge in [-0.15, -0.1) is 12.1 Å². The molecule has 0 fully saturated rings. The minimum absolute atomic E-state index is 0. The molecule has 21 heavy (non-hydrogen) atoms. The van der Waals surface area contributed by atoms with E-state index in [9.17, 15) is 0 Å². The van der Waals surface area contributed by atoms with E-state index in [-0.39, 0.29) is 16.5 Å². The summed E-state index contributed by atoms with van der Waals surface area (Å²) in [6, 6.07) is 1.67. The van der Waals surface area contributed by atoms with E-state index in [0.717, 1.165) is 13.1 Å². The van der Waals surface area contributed by atoms with E-state index >= 15 is 0 Å². The molecule has 0 aliphatic rings. The fourth-order valence-electron chi connectivity index (χ4n) is 1.05. The summed E-state index contributed by atoms with van der Waals surface area (Å²) < 4.78 is 0. The third kappa shape index (κ3) is 32.9. The minimum Gasteiger partial charge on any atom is -0.661 e. The Kier molecular flexibility index (Phi) is 21.8. The molecule has 130 valence electrons. The van der Waals surface area contributed by atoms with Crippen LogP contribution in [0.3, 0.4) is 0 Å². The third-order valence-electron chi connectivity index (χ3n) is 1.92. The van der Waals surface area contributed by atoms with E-state index in [1.807, 2.05) is 27.7 Å². The van der Waals surface area contributed by atoms with Crippen LogP contribution in [-0.2, 0) is 16.5 Å². The summed E-state index contributed by atoms with van der Waals surface area (Å²) in [4.78, 5) is 8.24. The topological polar surface area (TPSA) is 52.9 Å². The molecule has 0 heterocycles. The van der Waals surface area contributed by atoms with Gasteiger partial charge in [0.15, 0.2) is 0 Å². The van der Waals surface area contributed by atoms with Crippen LogP contribution >= 0.6 is 0 Å². The number of aliphatic imine (C=N–C) groups is 2. The Morgan fingerprint density at radius 3 is 1.14 bits per heavy atom. The summed E-state index contributed by atoms with van der Waals surface area (Å²) in [7, 11) is 0.